The molecule has 2 rings (SSSR count). The van der Waals surface area contributed by atoms with Crippen LogP contribution in [0.15, 0.2) is 24.3 Å². The van der Waals surface area contributed by atoms with Crippen molar-refractivity contribution in [3.63, 3.8) is 0 Å². The number of rotatable bonds is 1. The van der Waals surface area contributed by atoms with E-state index >= 15 is 0 Å². The zero-order chi connectivity index (χ0) is 10.9. The summed E-state index contributed by atoms with van der Waals surface area (Å²) in [4.78, 5) is 0. The Hall–Kier alpha value is -1.12. The Morgan fingerprint density at radius 3 is 2.47 bits per heavy atom. The molecule has 1 nitrogen and oxygen atoms in total. The Kier molecular flexibility index (Phi) is 2.63. The molecule has 1 aliphatic carbocycles. The number of aromatic hydroxyl groups is 1. The van der Waals surface area contributed by atoms with Gasteiger partial charge in [0, 0.05) is 12.8 Å². The molecule has 1 fully saturated rings. The second-order valence-corrected chi connectivity index (χ2v) is 4.23. The van der Waals surface area contributed by atoms with Gasteiger partial charge in [0.2, 0.25) is 5.92 Å². The van der Waals surface area contributed by atoms with Gasteiger partial charge in [-0.25, -0.2) is 8.78 Å². The van der Waals surface area contributed by atoms with Crippen molar-refractivity contribution in [3.8, 4) is 5.75 Å². The van der Waals surface area contributed by atoms with E-state index in [0.717, 1.165) is 5.56 Å². The Bertz CT molecular complexity index is 339. The summed E-state index contributed by atoms with van der Waals surface area (Å²) in [6, 6.07) is 6.93. The summed E-state index contributed by atoms with van der Waals surface area (Å²) in [5, 5.41) is 9.30. The predicted molar refractivity (Wildman–Crippen MR) is 54.3 cm³/mol. The Morgan fingerprint density at radius 2 is 1.87 bits per heavy atom. The zero-order valence-corrected chi connectivity index (χ0v) is 8.42. The average molecular weight is 212 g/mol. The minimum absolute atomic E-state index is 0.0344. The number of hydrogen-bond acceptors (Lipinski definition) is 1. The molecule has 0 unspecified atom stereocenters. The van der Waals surface area contributed by atoms with Crippen molar-refractivity contribution in [1.82, 2.24) is 0 Å². The molecule has 1 aromatic carbocycles. The van der Waals surface area contributed by atoms with Gasteiger partial charge in [-0.1, -0.05) is 12.1 Å². The largest absolute Gasteiger partial charge is 0.508 e. The first kappa shape index (κ1) is 10.4. The lowest BCUT2D eigenvalue weighted by atomic mass is 9.82. The Balaban J connectivity index is 2.08. The minimum atomic E-state index is -2.48. The highest BCUT2D eigenvalue weighted by atomic mass is 19.3. The quantitative estimate of drug-likeness (QED) is 0.752. The molecule has 0 spiro atoms. The van der Waals surface area contributed by atoms with E-state index in [4.69, 9.17) is 0 Å². The van der Waals surface area contributed by atoms with Crippen LogP contribution in [0.4, 0.5) is 8.78 Å². The molecule has 1 aliphatic rings. The Labute approximate surface area is 87.7 Å². The van der Waals surface area contributed by atoms with Crippen molar-refractivity contribution in [2.24, 2.45) is 0 Å². The van der Waals surface area contributed by atoms with Gasteiger partial charge in [-0.2, -0.15) is 0 Å². The Morgan fingerprint density at radius 1 is 1.20 bits per heavy atom. The predicted octanol–water partition coefficient (Wildman–Crippen LogP) is 3.69. The molecule has 3 heteroatoms. The van der Waals surface area contributed by atoms with E-state index in [2.05, 4.69) is 0 Å². The maximum atomic E-state index is 12.9. The van der Waals surface area contributed by atoms with E-state index in [0.29, 0.717) is 12.8 Å². The van der Waals surface area contributed by atoms with Crippen LogP contribution < -0.4 is 0 Å². The molecule has 0 aromatic heterocycles. The number of benzene rings is 1. The molecule has 0 saturated heterocycles. The molecule has 1 saturated carbocycles. The fraction of sp³-hybridized carbons (Fsp3) is 0.500. The van der Waals surface area contributed by atoms with E-state index in [-0.39, 0.29) is 24.5 Å². The van der Waals surface area contributed by atoms with Gasteiger partial charge in [0.05, 0.1) is 0 Å². The van der Waals surface area contributed by atoms with Crippen LogP contribution >= 0.6 is 0 Å². The van der Waals surface area contributed by atoms with Gasteiger partial charge in [0.25, 0.3) is 0 Å². The number of phenolic OH excluding ortho intramolecular Hbond substituents is 1. The highest BCUT2D eigenvalue weighted by molar-refractivity contribution is 5.30. The molecule has 82 valence electrons. The van der Waals surface area contributed by atoms with Gasteiger partial charge in [-0.05, 0) is 36.5 Å². The topological polar surface area (TPSA) is 20.2 Å². The molecule has 0 amide bonds. The van der Waals surface area contributed by atoms with Crippen molar-refractivity contribution in [3.05, 3.63) is 29.8 Å². The van der Waals surface area contributed by atoms with Gasteiger partial charge < -0.3 is 5.11 Å². The van der Waals surface area contributed by atoms with Gasteiger partial charge in [0.15, 0.2) is 0 Å². The van der Waals surface area contributed by atoms with Crippen molar-refractivity contribution in [1.29, 1.82) is 0 Å². The van der Waals surface area contributed by atoms with Crippen LogP contribution in [0.3, 0.4) is 0 Å². The summed E-state index contributed by atoms with van der Waals surface area (Å²) in [7, 11) is 0. The third-order valence-electron chi connectivity index (χ3n) is 3.06. The maximum absolute atomic E-state index is 12.9. The van der Waals surface area contributed by atoms with Crippen LogP contribution in [0.1, 0.15) is 37.2 Å². The molecule has 1 N–H and O–H groups in total. The van der Waals surface area contributed by atoms with Gasteiger partial charge >= 0.3 is 0 Å². The molecule has 15 heavy (non-hydrogen) atoms. The lowest BCUT2D eigenvalue weighted by Crippen LogP contribution is -2.23. The van der Waals surface area contributed by atoms with E-state index < -0.39 is 5.92 Å². The smallest absolute Gasteiger partial charge is 0.248 e. The first-order valence-electron chi connectivity index (χ1n) is 5.24. The molecule has 1 aromatic rings. The van der Waals surface area contributed by atoms with Crippen LogP contribution in [0.2, 0.25) is 0 Å². The van der Waals surface area contributed by atoms with E-state index in [1.54, 1.807) is 18.2 Å². The molecule has 0 atom stereocenters. The van der Waals surface area contributed by atoms with Crippen molar-refractivity contribution in [2.45, 2.75) is 37.5 Å². The fourth-order valence-corrected chi connectivity index (χ4v) is 2.15. The summed E-state index contributed by atoms with van der Waals surface area (Å²) in [5.74, 6) is -2.09. The fourth-order valence-electron chi connectivity index (χ4n) is 2.15. The second-order valence-electron chi connectivity index (χ2n) is 4.23. The normalized spacial score (nSPS) is 21.5. The summed E-state index contributed by atoms with van der Waals surface area (Å²) in [6.45, 7) is 0. The van der Waals surface area contributed by atoms with Crippen LogP contribution in [-0.4, -0.2) is 11.0 Å². The zero-order valence-electron chi connectivity index (χ0n) is 8.42. The maximum Gasteiger partial charge on any atom is 0.248 e. The standard InChI is InChI=1S/C12H14F2O/c13-12(14)6-4-9(5-7-12)10-2-1-3-11(15)8-10/h1-3,8-9,15H,4-7H2. The molecular weight excluding hydrogens is 198 g/mol. The third-order valence-corrected chi connectivity index (χ3v) is 3.06. The molecule has 0 aliphatic heterocycles. The van der Waals surface area contributed by atoms with E-state index in [9.17, 15) is 13.9 Å². The number of hydrogen-bond donors (Lipinski definition) is 1. The lowest BCUT2D eigenvalue weighted by Gasteiger charge is -2.28. The summed E-state index contributed by atoms with van der Waals surface area (Å²) < 4.78 is 25.8. The van der Waals surface area contributed by atoms with Gasteiger partial charge in [-0.3, -0.25) is 0 Å². The lowest BCUT2D eigenvalue weighted by molar-refractivity contribution is -0.0382. The molecule has 0 bridgehead atoms. The van der Waals surface area contributed by atoms with E-state index in [1.165, 1.54) is 0 Å². The van der Waals surface area contributed by atoms with Crippen LogP contribution in [-0.2, 0) is 0 Å². The number of phenols is 1. The first-order chi connectivity index (χ1) is 7.07. The van der Waals surface area contributed by atoms with E-state index in [1.807, 2.05) is 6.07 Å². The van der Waals surface area contributed by atoms with Crippen molar-refractivity contribution < 1.29 is 13.9 Å². The average Bonchev–Trinajstić information content (AvgIpc) is 2.17. The summed E-state index contributed by atoms with van der Waals surface area (Å²) in [5.41, 5.74) is 0.977. The van der Waals surface area contributed by atoms with Gasteiger partial charge in [0.1, 0.15) is 5.75 Å². The second kappa shape index (κ2) is 3.80. The van der Waals surface area contributed by atoms with Gasteiger partial charge in [-0.15, -0.1) is 0 Å². The minimum Gasteiger partial charge on any atom is -0.508 e. The van der Waals surface area contributed by atoms with Crippen LogP contribution in [0, 0.1) is 0 Å². The van der Waals surface area contributed by atoms with Crippen molar-refractivity contribution >= 4 is 0 Å². The number of alkyl halides is 2. The van der Waals surface area contributed by atoms with Crippen molar-refractivity contribution in [2.75, 3.05) is 0 Å². The highest BCUT2D eigenvalue weighted by Crippen LogP contribution is 2.41. The highest BCUT2D eigenvalue weighted by Gasteiger charge is 2.35. The summed E-state index contributed by atoms with van der Waals surface area (Å²) >= 11 is 0. The number of halogens is 2. The SMILES string of the molecule is Oc1cccc(C2CCC(F)(F)CC2)c1. The van der Waals surface area contributed by atoms with Crippen LogP contribution in [0.25, 0.3) is 0 Å². The third kappa shape index (κ3) is 2.46. The monoisotopic (exact) mass is 212 g/mol. The molecule has 0 radical (unpaired) electrons. The molecular formula is C12H14F2O. The summed E-state index contributed by atoms with van der Waals surface area (Å²) in [6.07, 6.45) is 0.952. The first-order valence-corrected chi connectivity index (χ1v) is 5.24. The molecule has 0 heterocycles. The van der Waals surface area contributed by atoms with Crippen LogP contribution in [0.5, 0.6) is 5.75 Å².